The van der Waals surface area contributed by atoms with E-state index in [2.05, 4.69) is 5.32 Å². The molecule has 2 aromatic carbocycles. The van der Waals surface area contributed by atoms with Gasteiger partial charge in [-0.2, -0.15) is 0 Å². The van der Waals surface area contributed by atoms with Gasteiger partial charge >= 0.3 is 0 Å². The van der Waals surface area contributed by atoms with E-state index < -0.39 is 41.5 Å². The average Bonchev–Trinajstić information content (AvgIpc) is 2.53. The van der Waals surface area contributed by atoms with Crippen LogP contribution in [0.25, 0.3) is 0 Å². The van der Waals surface area contributed by atoms with Crippen molar-refractivity contribution in [2.45, 2.75) is 20.8 Å². The highest BCUT2D eigenvalue weighted by Crippen LogP contribution is 2.24. The Labute approximate surface area is 143 Å². The molecule has 0 fully saturated rings. The molecule has 132 valence electrons. The monoisotopic (exact) mass is 350 g/mol. The lowest BCUT2D eigenvalue weighted by Gasteiger charge is -2.21. The molecule has 0 radical (unpaired) electrons. The van der Waals surface area contributed by atoms with Crippen molar-refractivity contribution < 1.29 is 22.8 Å². The van der Waals surface area contributed by atoms with E-state index in [1.807, 2.05) is 13.0 Å². The molecule has 0 bridgehead atoms. The molecule has 2 rings (SSSR count). The van der Waals surface area contributed by atoms with Crippen LogP contribution in [0.5, 0.6) is 0 Å². The highest BCUT2D eigenvalue weighted by atomic mass is 19.2. The second kappa shape index (κ2) is 7.38. The van der Waals surface area contributed by atoms with Gasteiger partial charge in [0.1, 0.15) is 6.54 Å². The van der Waals surface area contributed by atoms with Crippen molar-refractivity contribution in [3.8, 4) is 0 Å². The summed E-state index contributed by atoms with van der Waals surface area (Å²) in [6.45, 7) is 4.28. The molecule has 0 heterocycles. The summed E-state index contributed by atoms with van der Waals surface area (Å²) in [7, 11) is 0. The van der Waals surface area contributed by atoms with E-state index in [9.17, 15) is 22.8 Å². The van der Waals surface area contributed by atoms with Crippen LogP contribution in [0.3, 0.4) is 0 Å². The van der Waals surface area contributed by atoms with E-state index in [-0.39, 0.29) is 0 Å². The number of aryl methyl sites for hydroxylation is 2. The molecule has 4 nitrogen and oxygen atoms in total. The highest BCUT2D eigenvalue weighted by molar-refractivity contribution is 6.02. The second-order valence-corrected chi connectivity index (χ2v) is 5.67. The van der Waals surface area contributed by atoms with Crippen LogP contribution in [0.15, 0.2) is 30.3 Å². The number of rotatable bonds is 4. The van der Waals surface area contributed by atoms with Gasteiger partial charge in [0.25, 0.3) is 0 Å². The van der Waals surface area contributed by atoms with E-state index >= 15 is 0 Å². The van der Waals surface area contributed by atoms with Crippen molar-refractivity contribution >= 4 is 23.2 Å². The van der Waals surface area contributed by atoms with Gasteiger partial charge in [0.15, 0.2) is 17.5 Å². The highest BCUT2D eigenvalue weighted by Gasteiger charge is 2.23. The van der Waals surface area contributed by atoms with Gasteiger partial charge in [0.2, 0.25) is 11.8 Å². The van der Waals surface area contributed by atoms with E-state index in [0.717, 1.165) is 29.0 Å². The molecule has 0 atom stereocenters. The van der Waals surface area contributed by atoms with Crippen LogP contribution in [-0.2, 0) is 9.59 Å². The molecular formula is C18H17F3N2O2. The average molecular weight is 350 g/mol. The van der Waals surface area contributed by atoms with Gasteiger partial charge in [-0.25, -0.2) is 13.2 Å². The maximum Gasteiger partial charge on any atom is 0.244 e. The minimum Gasteiger partial charge on any atom is -0.324 e. The molecule has 0 saturated heterocycles. The van der Waals surface area contributed by atoms with Crippen LogP contribution >= 0.6 is 0 Å². The summed E-state index contributed by atoms with van der Waals surface area (Å²) in [5, 5.41) is 2.61. The summed E-state index contributed by atoms with van der Waals surface area (Å²) < 4.78 is 40.4. The first-order valence-electron chi connectivity index (χ1n) is 7.49. The van der Waals surface area contributed by atoms with Crippen LogP contribution in [-0.4, -0.2) is 18.4 Å². The quantitative estimate of drug-likeness (QED) is 0.855. The smallest absolute Gasteiger partial charge is 0.244 e. The van der Waals surface area contributed by atoms with Crippen LogP contribution < -0.4 is 10.2 Å². The van der Waals surface area contributed by atoms with Crippen LogP contribution in [0.4, 0.5) is 24.5 Å². The van der Waals surface area contributed by atoms with Crippen molar-refractivity contribution in [1.29, 1.82) is 0 Å². The van der Waals surface area contributed by atoms with E-state index in [0.29, 0.717) is 11.8 Å². The van der Waals surface area contributed by atoms with E-state index in [4.69, 9.17) is 0 Å². The third-order valence-corrected chi connectivity index (χ3v) is 3.64. The SMILES string of the molecule is CC(=O)N(CC(=O)Nc1ccc(C)cc1C)c1ccc(F)c(F)c1F. The molecule has 0 unspecified atom stereocenters. The minimum absolute atomic E-state index is 0.498. The zero-order valence-electron chi connectivity index (χ0n) is 14.0. The Morgan fingerprint density at radius 3 is 2.32 bits per heavy atom. The fourth-order valence-corrected chi connectivity index (χ4v) is 2.38. The Bertz CT molecular complexity index is 837. The van der Waals surface area contributed by atoms with Crippen molar-refractivity contribution in [2.75, 3.05) is 16.8 Å². The van der Waals surface area contributed by atoms with Crippen molar-refractivity contribution in [1.82, 2.24) is 0 Å². The second-order valence-electron chi connectivity index (χ2n) is 5.67. The van der Waals surface area contributed by atoms with Crippen LogP contribution in [0, 0.1) is 31.3 Å². The number of benzene rings is 2. The zero-order chi connectivity index (χ0) is 18.7. The molecule has 0 saturated carbocycles. The number of nitrogens with zero attached hydrogens (tertiary/aromatic N) is 1. The van der Waals surface area contributed by atoms with Gasteiger partial charge < -0.3 is 10.2 Å². The predicted octanol–water partition coefficient (Wildman–Crippen LogP) is 3.71. The first kappa shape index (κ1) is 18.5. The van der Waals surface area contributed by atoms with Gasteiger partial charge in [-0.05, 0) is 37.6 Å². The Kier molecular flexibility index (Phi) is 5.46. The lowest BCUT2D eigenvalue weighted by molar-refractivity contribution is -0.120. The van der Waals surface area contributed by atoms with Crippen molar-refractivity contribution in [3.63, 3.8) is 0 Å². The fourth-order valence-electron chi connectivity index (χ4n) is 2.38. The number of carbonyl (C=O) groups excluding carboxylic acids is 2. The Morgan fingerprint density at radius 1 is 1.04 bits per heavy atom. The van der Waals surface area contributed by atoms with E-state index in [1.54, 1.807) is 19.1 Å². The molecule has 25 heavy (non-hydrogen) atoms. The topological polar surface area (TPSA) is 49.4 Å². The van der Waals surface area contributed by atoms with Crippen LogP contribution in [0.1, 0.15) is 18.1 Å². The van der Waals surface area contributed by atoms with Gasteiger partial charge in [-0.1, -0.05) is 17.7 Å². The van der Waals surface area contributed by atoms with Gasteiger partial charge in [-0.3, -0.25) is 9.59 Å². The Hall–Kier alpha value is -2.83. The largest absolute Gasteiger partial charge is 0.324 e. The van der Waals surface area contributed by atoms with Gasteiger partial charge in [-0.15, -0.1) is 0 Å². The third-order valence-electron chi connectivity index (χ3n) is 3.64. The summed E-state index contributed by atoms with van der Waals surface area (Å²) in [6, 6.07) is 7.00. The lowest BCUT2D eigenvalue weighted by Crippen LogP contribution is -2.37. The summed E-state index contributed by atoms with van der Waals surface area (Å²) in [5.41, 5.74) is 1.89. The normalized spacial score (nSPS) is 10.5. The standard InChI is InChI=1S/C18H17F3N2O2/c1-10-4-6-14(11(2)8-10)22-16(25)9-23(12(3)24)15-7-5-13(19)17(20)18(15)21/h4-8H,9H2,1-3H3,(H,22,25). The molecule has 1 N–H and O–H groups in total. The number of hydrogen-bond acceptors (Lipinski definition) is 2. The first-order chi connectivity index (χ1) is 11.7. The number of halogens is 3. The molecule has 7 heteroatoms. The third kappa shape index (κ3) is 4.17. The number of anilines is 2. The summed E-state index contributed by atoms with van der Waals surface area (Å²) in [4.78, 5) is 24.7. The Balaban J connectivity index is 2.23. The lowest BCUT2D eigenvalue weighted by atomic mass is 10.1. The summed E-state index contributed by atoms with van der Waals surface area (Å²) >= 11 is 0. The molecule has 0 aliphatic rings. The van der Waals surface area contributed by atoms with Crippen molar-refractivity contribution in [3.05, 3.63) is 58.9 Å². The fraction of sp³-hybridized carbons (Fsp3) is 0.222. The predicted molar refractivity (Wildman–Crippen MR) is 88.9 cm³/mol. The number of carbonyl (C=O) groups is 2. The van der Waals surface area contributed by atoms with Gasteiger partial charge in [0, 0.05) is 12.6 Å². The summed E-state index contributed by atoms with van der Waals surface area (Å²) in [6.07, 6.45) is 0. The molecule has 2 amide bonds. The molecular weight excluding hydrogens is 333 g/mol. The van der Waals surface area contributed by atoms with E-state index in [1.165, 1.54) is 0 Å². The number of nitrogens with one attached hydrogen (secondary N) is 1. The molecule has 0 aliphatic carbocycles. The Morgan fingerprint density at radius 2 is 1.72 bits per heavy atom. The van der Waals surface area contributed by atoms with Crippen molar-refractivity contribution in [2.24, 2.45) is 0 Å². The number of hydrogen-bond donors (Lipinski definition) is 1. The van der Waals surface area contributed by atoms with Gasteiger partial charge in [0.05, 0.1) is 5.69 Å². The molecule has 0 spiro atoms. The first-order valence-corrected chi connectivity index (χ1v) is 7.49. The molecule has 0 aromatic heterocycles. The maximum atomic E-state index is 13.9. The number of amides is 2. The van der Waals surface area contributed by atoms with Crippen LogP contribution in [0.2, 0.25) is 0 Å². The zero-order valence-corrected chi connectivity index (χ0v) is 14.0. The maximum absolute atomic E-state index is 13.9. The molecule has 2 aromatic rings. The summed E-state index contributed by atoms with van der Waals surface area (Å²) in [5.74, 6) is -5.86. The molecule has 0 aliphatic heterocycles. The minimum atomic E-state index is -1.70.